The van der Waals surface area contributed by atoms with Crippen molar-refractivity contribution >= 4 is 5.97 Å². The quantitative estimate of drug-likeness (QED) is 0.153. The van der Waals surface area contributed by atoms with Crippen molar-refractivity contribution in [3.63, 3.8) is 0 Å². The molecule has 1 aliphatic rings. The second-order valence-electron chi connectivity index (χ2n) is 10.4. The summed E-state index contributed by atoms with van der Waals surface area (Å²) in [7, 11) is 0. The van der Waals surface area contributed by atoms with E-state index < -0.39 is 0 Å². The van der Waals surface area contributed by atoms with Gasteiger partial charge in [0, 0.05) is 11.8 Å². The summed E-state index contributed by atoms with van der Waals surface area (Å²) >= 11 is 0. The zero-order chi connectivity index (χ0) is 24.9. The molecule has 1 aromatic carbocycles. The lowest BCUT2D eigenvalue weighted by Gasteiger charge is -2.27. The SMILES string of the molecule is CCCCCCCCc1cnc(-c2ccc(OC(=O)[C@H]3CC[C@H](CCCCC)CC3)cc2)c(F)c1. The molecule has 3 nitrogen and oxygen atoms in total. The number of aromatic nitrogens is 1. The third-order valence-electron chi connectivity index (χ3n) is 7.46. The largest absolute Gasteiger partial charge is 0.426 e. The zero-order valence-corrected chi connectivity index (χ0v) is 21.9. The van der Waals surface area contributed by atoms with E-state index in [4.69, 9.17) is 4.74 Å². The maximum atomic E-state index is 14.7. The number of unbranched alkanes of at least 4 members (excludes halogenated alkanes) is 7. The number of rotatable bonds is 14. The fourth-order valence-corrected chi connectivity index (χ4v) is 5.19. The molecule has 1 heterocycles. The molecular weight excluding hydrogens is 437 g/mol. The number of benzene rings is 1. The smallest absolute Gasteiger partial charge is 0.314 e. The van der Waals surface area contributed by atoms with E-state index in [1.54, 1.807) is 36.5 Å². The Morgan fingerprint density at radius 2 is 1.57 bits per heavy atom. The molecule has 35 heavy (non-hydrogen) atoms. The minimum atomic E-state index is -0.297. The van der Waals surface area contributed by atoms with Crippen LogP contribution in [0.1, 0.15) is 109 Å². The lowest BCUT2D eigenvalue weighted by atomic mass is 9.80. The molecule has 0 N–H and O–H groups in total. The first kappa shape index (κ1) is 27.4. The van der Waals surface area contributed by atoms with Crippen LogP contribution in [0.4, 0.5) is 4.39 Å². The Morgan fingerprint density at radius 3 is 2.26 bits per heavy atom. The third kappa shape index (κ3) is 9.05. The summed E-state index contributed by atoms with van der Waals surface area (Å²) in [5, 5.41) is 0. The second-order valence-corrected chi connectivity index (χ2v) is 10.4. The van der Waals surface area contributed by atoms with E-state index in [1.165, 1.54) is 57.8 Å². The van der Waals surface area contributed by atoms with Crippen molar-refractivity contribution in [2.24, 2.45) is 11.8 Å². The molecule has 4 heteroatoms. The van der Waals surface area contributed by atoms with E-state index in [9.17, 15) is 9.18 Å². The van der Waals surface area contributed by atoms with Gasteiger partial charge in [0.2, 0.25) is 0 Å². The molecule has 0 spiro atoms. The highest BCUT2D eigenvalue weighted by Crippen LogP contribution is 2.33. The molecule has 0 radical (unpaired) electrons. The van der Waals surface area contributed by atoms with Gasteiger partial charge in [-0.15, -0.1) is 0 Å². The molecule has 2 aromatic rings. The van der Waals surface area contributed by atoms with Crippen LogP contribution in [0.5, 0.6) is 5.75 Å². The topological polar surface area (TPSA) is 39.2 Å². The van der Waals surface area contributed by atoms with Crippen LogP contribution in [0.15, 0.2) is 36.5 Å². The third-order valence-corrected chi connectivity index (χ3v) is 7.46. The normalized spacial score (nSPS) is 17.9. The highest BCUT2D eigenvalue weighted by atomic mass is 19.1. The maximum absolute atomic E-state index is 14.7. The monoisotopic (exact) mass is 481 g/mol. The van der Waals surface area contributed by atoms with E-state index in [-0.39, 0.29) is 17.7 Å². The van der Waals surface area contributed by atoms with Crippen LogP contribution < -0.4 is 4.74 Å². The highest BCUT2D eigenvalue weighted by molar-refractivity contribution is 5.75. The first-order chi connectivity index (χ1) is 17.1. The van der Waals surface area contributed by atoms with E-state index in [0.29, 0.717) is 17.0 Å². The van der Waals surface area contributed by atoms with Gasteiger partial charge in [0.15, 0.2) is 0 Å². The number of hydrogen-bond acceptors (Lipinski definition) is 3. The number of carbonyl (C=O) groups excluding carboxylic acids is 1. The zero-order valence-electron chi connectivity index (χ0n) is 21.9. The Morgan fingerprint density at radius 1 is 0.914 bits per heavy atom. The van der Waals surface area contributed by atoms with Gasteiger partial charge in [-0.05, 0) is 80.3 Å². The molecule has 192 valence electrons. The summed E-state index contributed by atoms with van der Waals surface area (Å²) in [6.45, 7) is 4.46. The van der Waals surface area contributed by atoms with Gasteiger partial charge in [-0.25, -0.2) is 4.39 Å². The van der Waals surface area contributed by atoms with Gasteiger partial charge < -0.3 is 4.74 Å². The fourth-order valence-electron chi connectivity index (χ4n) is 5.19. The Labute approximate surface area is 211 Å². The van der Waals surface area contributed by atoms with Crippen LogP contribution in [0.2, 0.25) is 0 Å². The Hall–Kier alpha value is -2.23. The summed E-state index contributed by atoms with van der Waals surface area (Å²) in [5.74, 6) is 0.853. The Bertz CT molecular complexity index is 887. The van der Waals surface area contributed by atoms with Crippen molar-refractivity contribution in [1.82, 2.24) is 4.98 Å². The average Bonchev–Trinajstić information content (AvgIpc) is 2.87. The summed E-state index contributed by atoms with van der Waals surface area (Å²) in [6.07, 6.45) is 19.3. The minimum Gasteiger partial charge on any atom is -0.426 e. The molecule has 0 bridgehead atoms. The molecule has 0 saturated heterocycles. The first-order valence-corrected chi connectivity index (χ1v) is 14.1. The van der Waals surface area contributed by atoms with Crippen LogP contribution in [0.3, 0.4) is 0 Å². The number of hydrogen-bond donors (Lipinski definition) is 0. The Balaban J connectivity index is 1.46. The summed E-state index contributed by atoms with van der Waals surface area (Å²) < 4.78 is 20.4. The molecule has 0 amide bonds. The number of aryl methyl sites for hydroxylation is 1. The lowest BCUT2D eigenvalue weighted by Crippen LogP contribution is -2.25. The van der Waals surface area contributed by atoms with Gasteiger partial charge in [-0.3, -0.25) is 9.78 Å². The van der Waals surface area contributed by atoms with Crippen LogP contribution in [-0.2, 0) is 11.2 Å². The number of carbonyl (C=O) groups is 1. The first-order valence-electron chi connectivity index (χ1n) is 14.1. The predicted octanol–water partition coefficient (Wildman–Crippen LogP) is 9.08. The second kappa shape index (κ2) is 15.0. The van der Waals surface area contributed by atoms with Gasteiger partial charge >= 0.3 is 5.97 Å². The molecule has 0 aliphatic heterocycles. The number of nitrogens with zero attached hydrogens (tertiary/aromatic N) is 1. The molecule has 1 fully saturated rings. The van der Waals surface area contributed by atoms with Crippen LogP contribution in [0, 0.1) is 17.7 Å². The van der Waals surface area contributed by atoms with Gasteiger partial charge in [0.05, 0.1) is 5.92 Å². The van der Waals surface area contributed by atoms with E-state index in [2.05, 4.69) is 18.8 Å². The standard InChI is InChI=1S/C31H44FNO2/c1-3-5-7-8-9-11-13-25-22-29(32)30(33-23-25)26-18-20-28(21-19-26)35-31(34)27-16-14-24(15-17-27)12-10-6-4-2/h18-24,27H,3-17H2,1-2H3/t24-,27-. The molecular formula is C31H44FNO2. The lowest BCUT2D eigenvalue weighted by molar-refractivity contribution is -0.140. The summed E-state index contributed by atoms with van der Waals surface area (Å²) in [4.78, 5) is 17.0. The van der Waals surface area contributed by atoms with E-state index in [1.807, 2.05) is 0 Å². The number of pyridine rings is 1. The van der Waals surface area contributed by atoms with E-state index >= 15 is 0 Å². The van der Waals surface area contributed by atoms with Crippen molar-refractivity contribution in [3.05, 3.63) is 47.9 Å². The summed E-state index contributed by atoms with van der Waals surface area (Å²) in [6, 6.07) is 8.67. The van der Waals surface area contributed by atoms with Crippen LogP contribution in [-0.4, -0.2) is 11.0 Å². The van der Waals surface area contributed by atoms with Gasteiger partial charge in [-0.1, -0.05) is 71.6 Å². The molecule has 1 saturated carbocycles. The van der Waals surface area contributed by atoms with Crippen molar-refractivity contribution in [2.45, 2.75) is 110 Å². The fraction of sp³-hybridized carbons (Fsp3) is 0.613. The van der Waals surface area contributed by atoms with Crippen molar-refractivity contribution in [3.8, 4) is 17.0 Å². The number of ether oxygens (including phenoxy) is 1. The summed E-state index contributed by atoms with van der Waals surface area (Å²) in [5.41, 5.74) is 1.99. The number of halogens is 1. The maximum Gasteiger partial charge on any atom is 0.314 e. The predicted molar refractivity (Wildman–Crippen MR) is 142 cm³/mol. The minimum absolute atomic E-state index is 0.00426. The van der Waals surface area contributed by atoms with Crippen molar-refractivity contribution in [1.29, 1.82) is 0 Å². The average molecular weight is 482 g/mol. The Kier molecular flexibility index (Phi) is 11.7. The van der Waals surface area contributed by atoms with Crippen molar-refractivity contribution < 1.29 is 13.9 Å². The van der Waals surface area contributed by atoms with E-state index in [0.717, 1.165) is 50.0 Å². The molecule has 0 atom stereocenters. The molecule has 3 rings (SSSR count). The van der Waals surface area contributed by atoms with Crippen LogP contribution in [0.25, 0.3) is 11.3 Å². The number of esters is 1. The van der Waals surface area contributed by atoms with Gasteiger partial charge in [0.25, 0.3) is 0 Å². The van der Waals surface area contributed by atoms with Crippen molar-refractivity contribution in [2.75, 3.05) is 0 Å². The van der Waals surface area contributed by atoms with Gasteiger partial charge in [0.1, 0.15) is 17.3 Å². The molecule has 1 aromatic heterocycles. The molecule has 1 aliphatic carbocycles. The van der Waals surface area contributed by atoms with Crippen LogP contribution >= 0.6 is 0 Å². The van der Waals surface area contributed by atoms with Gasteiger partial charge in [-0.2, -0.15) is 0 Å². The molecule has 0 unspecified atom stereocenters. The highest BCUT2D eigenvalue weighted by Gasteiger charge is 2.27.